The maximum Gasteiger partial charge on any atom is 0.430 e. The molecule has 0 nitrogen and oxygen atoms in total. The van der Waals surface area contributed by atoms with Gasteiger partial charge in [-0.15, -0.1) is 0 Å². The molecule has 0 saturated heterocycles. The molecule has 0 N–H and O–H groups in total. The monoisotopic (exact) mass is 224 g/mol. The molecule has 0 heterocycles. The zero-order valence-corrected chi connectivity index (χ0v) is 8.55. The molecule has 14 heavy (non-hydrogen) atoms. The van der Waals surface area contributed by atoms with E-state index in [2.05, 4.69) is 0 Å². The van der Waals surface area contributed by atoms with Crippen LogP contribution in [0.1, 0.15) is 11.1 Å². The molecular formula is C9H9F4P. The van der Waals surface area contributed by atoms with Gasteiger partial charge < -0.3 is 0 Å². The van der Waals surface area contributed by atoms with E-state index >= 15 is 0 Å². The summed E-state index contributed by atoms with van der Waals surface area (Å²) in [7, 11) is 1.20. The van der Waals surface area contributed by atoms with Crippen LogP contribution in [-0.2, 0) is 5.41 Å². The molecule has 0 aliphatic carbocycles. The summed E-state index contributed by atoms with van der Waals surface area (Å²) < 4.78 is 50.0. The lowest BCUT2D eigenvalue weighted by Crippen LogP contribution is -2.31. The zero-order chi connectivity index (χ0) is 11.0. The molecule has 2 unspecified atom stereocenters. The smallest absolute Gasteiger partial charge is 0.224 e. The van der Waals surface area contributed by atoms with Gasteiger partial charge in [-0.05, 0) is 6.92 Å². The molecule has 1 aromatic carbocycles. The van der Waals surface area contributed by atoms with Crippen LogP contribution in [0.4, 0.5) is 17.6 Å². The Morgan fingerprint density at radius 2 is 1.43 bits per heavy atom. The quantitative estimate of drug-likeness (QED) is 0.505. The first kappa shape index (κ1) is 11.4. The Morgan fingerprint density at radius 3 is 1.79 bits per heavy atom. The standard InChI is InChI=1S/C9H9F4P/c1-6-2-4-7(5-3-6)8(10,14)9(11,12)13/h2-5H,14H2,1H3. The van der Waals surface area contributed by atoms with Crippen LogP contribution in [0.15, 0.2) is 24.3 Å². The van der Waals surface area contributed by atoms with Crippen LogP contribution in [0.2, 0.25) is 0 Å². The van der Waals surface area contributed by atoms with Crippen molar-refractivity contribution in [1.29, 1.82) is 0 Å². The predicted octanol–water partition coefficient (Wildman–Crippen LogP) is 3.55. The maximum atomic E-state index is 13.3. The molecule has 0 spiro atoms. The van der Waals surface area contributed by atoms with E-state index in [4.69, 9.17) is 0 Å². The molecule has 0 amide bonds. The van der Waals surface area contributed by atoms with Crippen molar-refractivity contribution < 1.29 is 17.6 Å². The molecule has 0 radical (unpaired) electrons. The van der Waals surface area contributed by atoms with E-state index in [1.54, 1.807) is 6.92 Å². The topological polar surface area (TPSA) is 0 Å². The van der Waals surface area contributed by atoms with Gasteiger partial charge in [0.15, 0.2) is 0 Å². The third-order valence-electron chi connectivity index (χ3n) is 1.88. The van der Waals surface area contributed by atoms with Crippen LogP contribution in [0.5, 0.6) is 0 Å². The van der Waals surface area contributed by atoms with Gasteiger partial charge in [-0.2, -0.15) is 13.2 Å². The van der Waals surface area contributed by atoms with Gasteiger partial charge in [0.1, 0.15) is 0 Å². The highest BCUT2D eigenvalue weighted by molar-refractivity contribution is 7.18. The Hall–Kier alpha value is -0.630. The van der Waals surface area contributed by atoms with Crippen molar-refractivity contribution in [2.75, 3.05) is 0 Å². The molecule has 5 heteroatoms. The minimum absolute atomic E-state index is 0.402. The van der Waals surface area contributed by atoms with Gasteiger partial charge in [0.2, 0.25) is 5.41 Å². The van der Waals surface area contributed by atoms with E-state index in [1.165, 1.54) is 21.4 Å². The predicted molar refractivity (Wildman–Crippen MR) is 49.7 cm³/mol. The fourth-order valence-electron chi connectivity index (χ4n) is 0.960. The number of alkyl halides is 4. The highest BCUT2D eigenvalue weighted by Crippen LogP contribution is 2.47. The van der Waals surface area contributed by atoms with Gasteiger partial charge in [0.25, 0.3) is 0 Å². The summed E-state index contributed by atoms with van der Waals surface area (Å²) >= 11 is 0. The lowest BCUT2D eigenvalue weighted by Gasteiger charge is -2.23. The van der Waals surface area contributed by atoms with E-state index < -0.39 is 17.1 Å². The van der Waals surface area contributed by atoms with Crippen molar-refractivity contribution in [3.05, 3.63) is 35.4 Å². The van der Waals surface area contributed by atoms with Crippen LogP contribution < -0.4 is 0 Å². The molecule has 0 fully saturated rings. The molecule has 1 rings (SSSR count). The fraction of sp³-hybridized carbons (Fsp3) is 0.333. The zero-order valence-electron chi connectivity index (χ0n) is 7.40. The first-order chi connectivity index (χ1) is 6.25. The molecule has 0 bridgehead atoms. The van der Waals surface area contributed by atoms with Gasteiger partial charge >= 0.3 is 6.18 Å². The van der Waals surface area contributed by atoms with E-state index in [1.807, 2.05) is 0 Å². The normalized spacial score (nSPS) is 16.4. The van der Waals surface area contributed by atoms with Crippen molar-refractivity contribution in [2.24, 2.45) is 0 Å². The van der Waals surface area contributed by atoms with Crippen molar-refractivity contribution in [3.63, 3.8) is 0 Å². The van der Waals surface area contributed by atoms with E-state index in [-0.39, 0.29) is 0 Å². The first-order valence-electron chi connectivity index (χ1n) is 3.87. The van der Waals surface area contributed by atoms with E-state index in [0.29, 0.717) is 0 Å². The summed E-state index contributed by atoms with van der Waals surface area (Å²) in [5.74, 6) is 0. The fourth-order valence-corrected chi connectivity index (χ4v) is 1.15. The van der Waals surface area contributed by atoms with Gasteiger partial charge in [-0.25, -0.2) is 4.39 Å². The molecule has 1 aromatic rings. The molecule has 0 saturated carbocycles. The largest absolute Gasteiger partial charge is 0.430 e. The number of aryl methyl sites for hydroxylation is 1. The SMILES string of the molecule is Cc1ccc(C(F)(P)C(F)(F)F)cc1. The van der Waals surface area contributed by atoms with Crippen molar-refractivity contribution in [2.45, 2.75) is 18.5 Å². The number of benzene rings is 1. The van der Waals surface area contributed by atoms with E-state index in [0.717, 1.165) is 17.7 Å². The molecule has 0 aromatic heterocycles. The van der Waals surface area contributed by atoms with Gasteiger partial charge in [0.05, 0.1) is 0 Å². The minimum atomic E-state index is -4.91. The van der Waals surface area contributed by atoms with Crippen molar-refractivity contribution in [3.8, 4) is 0 Å². The highest BCUT2D eigenvalue weighted by atomic mass is 31.0. The maximum absolute atomic E-state index is 13.3. The Morgan fingerprint density at radius 1 is 1.00 bits per heavy atom. The lowest BCUT2D eigenvalue weighted by molar-refractivity contribution is -0.199. The number of hydrogen-bond acceptors (Lipinski definition) is 0. The second kappa shape index (κ2) is 3.50. The van der Waals surface area contributed by atoms with Crippen LogP contribution in [0.3, 0.4) is 0 Å². The van der Waals surface area contributed by atoms with Gasteiger partial charge in [0, 0.05) is 5.56 Å². The molecule has 0 aliphatic heterocycles. The highest BCUT2D eigenvalue weighted by Gasteiger charge is 2.53. The Labute approximate surface area is 81.5 Å². The molecule has 78 valence electrons. The third kappa shape index (κ3) is 2.06. The van der Waals surface area contributed by atoms with Crippen LogP contribution >= 0.6 is 9.24 Å². The second-order valence-corrected chi connectivity index (χ2v) is 3.87. The number of rotatable bonds is 1. The summed E-state index contributed by atoms with van der Waals surface area (Å²) in [5, 5.41) is -3.36. The molecule has 2 atom stereocenters. The Kier molecular flexibility index (Phi) is 2.86. The van der Waals surface area contributed by atoms with Gasteiger partial charge in [-0.3, -0.25) is 0 Å². The summed E-state index contributed by atoms with van der Waals surface area (Å²) in [4.78, 5) is 0. The van der Waals surface area contributed by atoms with Crippen LogP contribution in [0.25, 0.3) is 0 Å². The summed E-state index contributed by atoms with van der Waals surface area (Å²) in [6.45, 7) is 1.72. The van der Waals surface area contributed by atoms with Crippen molar-refractivity contribution in [1.82, 2.24) is 0 Å². The van der Waals surface area contributed by atoms with E-state index in [9.17, 15) is 17.6 Å². The number of halogens is 4. The number of hydrogen-bond donors (Lipinski definition) is 0. The molecular weight excluding hydrogens is 215 g/mol. The minimum Gasteiger partial charge on any atom is -0.224 e. The third-order valence-corrected chi connectivity index (χ3v) is 2.54. The Balaban J connectivity index is 3.10. The van der Waals surface area contributed by atoms with Crippen LogP contribution in [-0.4, -0.2) is 6.18 Å². The lowest BCUT2D eigenvalue weighted by atomic mass is 10.1. The first-order valence-corrected chi connectivity index (χ1v) is 4.44. The van der Waals surface area contributed by atoms with Gasteiger partial charge in [-0.1, -0.05) is 39.1 Å². The van der Waals surface area contributed by atoms with Crippen molar-refractivity contribution >= 4 is 9.24 Å². The van der Waals surface area contributed by atoms with Crippen LogP contribution in [0, 0.1) is 6.92 Å². The molecule has 0 aliphatic rings. The summed E-state index contributed by atoms with van der Waals surface area (Å²) in [6, 6.07) is 5.16. The summed E-state index contributed by atoms with van der Waals surface area (Å²) in [6.07, 6.45) is -4.91. The summed E-state index contributed by atoms with van der Waals surface area (Å²) in [5.41, 5.74) is 0.386. The average molecular weight is 224 g/mol. The Bertz CT molecular complexity index is 313. The second-order valence-electron chi connectivity index (χ2n) is 3.08. The average Bonchev–Trinajstić information content (AvgIpc) is 2.03.